The third-order valence-electron chi connectivity index (χ3n) is 2.17. The van der Waals surface area contributed by atoms with Crippen LogP contribution in [0.25, 0.3) is 0 Å². The van der Waals surface area contributed by atoms with E-state index in [2.05, 4.69) is 4.74 Å². The van der Waals surface area contributed by atoms with Gasteiger partial charge in [0.05, 0.1) is 6.61 Å². The summed E-state index contributed by atoms with van der Waals surface area (Å²) in [5.74, 6) is -1.36. The molecule has 108 valence electrons. The van der Waals surface area contributed by atoms with Gasteiger partial charge >= 0.3 is 12.1 Å². The predicted molar refractivity (Wildman–Crippen MR) is 64.8 cm³/mol. The Kier molecular flexibility index (Phi) is 5.86. The van der Waals surface area contributed by atoms with E-state index >= 15 is 0 Å². The molecule has 0 N–H and O–H groups in total. The van der Waals surface area contributed by atoms with Gasteiger partial charge in [-0.25, -0.2) is 4.79 Å². The van der Waals surface area contributed by atoms with Crippen LogP contribution in [0.4, 0.5) is 13.2 Å². The average Bonchev–Trinajstić information content (AvgIpc) is 2.13. The zero-order valence-corrected chi connectivity index (χ0v) is 12.5. The van der Waals surface area contributed by atoms with E-state index in [9.17, 15) is 18.0 Å². The number of carbonyl (C=O) groups excluding carboxylic acids is 1. The van der Waals surface area contributed by atoms with E-state index in [0.29, 0.717) is 6.42 Å². The van der Waals surface area contributed by atoms with E-state index in [1.54, 1.807) is 19.6 Å². The standard InChI is InChI=1S/C11H21F3O3Si/c1-6-7-8-16-9(15)10(2,11(12,13)14)17-18(3,4)5/h6-8H2,1-5H3. The number of ether oxygens (including phenoxy) is 1. The molecule has 0 aromatic rings. The highest BCUT2D eigenvalue weighted by atomic mass is 28.4. The normalized spacial score (nSPS) is 16.2. The minimum absolute atomic E-state index is 0.0178. The number of esters is 1. The third kappa shape index (κ3) is 4.97. The van der Waals surface area contributed by atoms with Crippen LogP contribution in [0.5, 0.6) is 0 Å². The summed E-state index contributed by atoms with van der Waals surface area (Å²) in [6.45, 7) is 7.36. The molecule has 3 nitrogen and oxygen atoms in total. The first kappa shape index (κ1) is 17.4. The van der Waals surface area contributed by atoms with Crippen molar-refractivity contribution in [2.45, 2.75) is 58.1 Å². The maximum atomic E-state index is 13.0. The Morgan fingerprint density at radius 3 is 2.06 bits per heavy atom. The highest BCUT2D eigenvalue weighted by Crippen LogP contribution is 2.36. The molecule has 0 rings (SSSR count). The van der Waals surface area contributed by atoms with Gasteiger partial charge in [-0.2, -0.15) is 13.2 Å². The topological polar surface area (TPSA) is 35.5 Å². The second kappa shape index (κ2) is 6.05. The second-order valence-electron chi connectivity index (χ2n) is 5.23. The summed E-state index contributed by atoms with van der Waals surface area (Å²) in [6.07, 6.45) is -3.51. The van der Waals surface area contributed by atoms with Crippen LogP contribution in [0.2, 0.25) is 19.6 Å². The SMILES string of the molecule is CCCCOC(=O)C(C)(O[Si](C)(C)C)C(F)(F)F. The molecule has 0 aliphatic heterocycles. The van der Waals surface area contributed by atoms with Crippen LogP contribution in [-0.4, -0.2) is 32.7 Å². The van der Waals surface area contributed by atoms with Gasteiger partial charge in [-0.1, -0.05) is 13.3 Å². The maximum Gasteiger partial charge on any atom is 0.427 e. The van der Waals surface area contributed by atoms with Gasteiger partial charge in [0.15, 0.2) is 8.32 Å². The maximum absolute atomic E-state index is 13.0. The number of hydrogen-bond donors (Lipinski definition) is 0. The van der Waals surface area contributed by atoms with Crippen LogP contribution in [0.1, 0.15) is 26.7 Å². The molecule has 1 unspecified atom stereocenters. The van der Waals surface area contributed by atoms with E-state index in [0.717, 1.165) is 13.3 Å². The molecule has 0 fully saturated rings. The third-order valence-corrected chi connectivity index (χ3v) is 3.19. The average molecular weight is 286 g/mol. The molecule has 0 aromatic heterocycles. The van der Waals surface area contributed by atoms with Gasteiger partial charge in [0.25, 0.3) is 0 Å². The fourth-order valence-electron chi connectivity index (χ4n) is 1.27. The van der Waals surface area contributed by atoms with Crippen molar-refractivity contribution in [1.29, 1.82) is 0 Å². The zero-order valence-electron chi connectivity index (χ0n) is 11.5. The summed E-state index contributed by atoms with van der Waals surface area (Å²) in [4.78, 5) is 11.6. The summed E-state index contributed by atoms with van der Waals surface area (Å²) >= 11 is 0. The van der Waals surface area contributed by atoms with Gasteiger partial charge < -0.3 is 9.16 Å². The molecule has 18 heavy (non-hydrogen) atoms. The molecule has 7 heteroatoms. The lowest BCUT2D eigenvalue weighted by molar-refractivity contribution is -0.250. The van der Waals surface area contributed by atoms with E-state index in [4.69, 9.17) is 4.43 Å². The molecule has 0 saturated heterocycles. The van der Waals surface area contributed by atoms with Crippen molar-refractivity contribution >= 4 is 14.3 Å². The van der Waals surface area contributed by atoms with Gasteiger partial charge in [0.2, 0.25) is 5.60 Å². The first-order chi connectivity index (χ1) is 7.94. The molecule has 0 aliphatic rings. The van der Waals surface area contributed by atoms with E-state index in [-0.39, 0.29) is 6.61 Å². The largest absolute Gasteiger partial charge is 0.463 e. The van der Waals surface area contributed by atoms with Crippen molar-refractivity contribution in [3.8, 4) is 0 Å². The molecule has 0 spiro atoms. The number of carbonyl (C=O) groups is 1. The first-order valence-electron chi connectivity index (χ1n) is 5.88. The van der Waals surface area contributed by atoms with Crippen LogP contribution >= 0.6 is 0 Å². The molecule has 0 radical (unpaired) electrons. The Morgan fingerprint density at radius 2 is 1.72 bits per heavy atom. The van der Waals surface area contributed by atoms with Crippen molar-refractivity contribution in [3.63, 3.8) is 0 Å². The Labute approximate surface area is 107 Å². The quantitative estimate of drug-likeness (QED) is 0.426. The van der Waals surface area contributed by atoms with Crippen LogP contribution in [0.15, 0.2) is 0 Å². The molecular weight excluding hydrogens is 265 g/mol. The van der Waals surface area contributed by atoms with Gasteiger partial charge in [-0.05, 0) is 33.0 Å². The van der Waals surface area contributed by atoms with Crippen LogP contribution < -0.4 is 0 Å². The molecule has 0 amide bonds. The van der Waals surface area contributed by atoms with Crippen LogP contribution in [-0.2, 0) is 14.0 Å². The Balaban J connectivity index is 4.94. The number of rotatable bonds is 6. The summed E-state index contributed by atoms with van der Waals surface area (Å²) in [5, 5.41) is 0. The molecule has 1 atom stereocenters. The zero-order chi connectivity index (χ0) is 14.6. The Morgan fingerprint density at radius 1 is 1.22 bits per heavy atom. The summed E-state index contributed by atoms with van der Waals surface area (Å²) in [7, 11) is -2.53. The van der Waals surface area contributed by atoms with Crippen LogP contribution in [0, 0.1) is 0 Å². The highest BCUT2D eigenvalue weighted by molar-refractivity contribution is 6.70. The van der Waals surface area contributed by atoms with Gasteiger partial charge in [-0.3, -0.25) is 0 Å². The summed E-state index contributed by atoms with van der Waals surface area (Å²) < 4.78 is 48.7. The van der Waals surface area contributed by atoms with Gasteiger partial charge in [0.1, 0.15) is 0 Å². The second-order valence-corrected chi connectivity index (χ2v) is 9.66. The monoisotopic (exact) mass is 286 g/mol. The molecule has 0 saturated carbocycles. The summed E-state index contributed by atoms with van der Waals surface area (Å²) in [6, 6.07) is 0. The van der Waals surface area contributed by atoms with E-state index in [1.165, 1.54) is 0 Å². The Hall–Kier alpha value is -0.563. The highest BCUT2D eigenvalue weighted by Gasteiger charge is 2.60. The molecule has 0 bridgehead atoms. The smallest absolute Gasteiger partial charge is 0.427 e. The van der Waals surface area contributed by atoms with Gasteiger partial charge in [0, 0.05) is 0 Å². The van der Waals surface area contributed by atoms with E-state index < -0.39 is 26.1 Å². The predicted octanol–water partition coefficient (Wildman–Crippen LogP) is 3.50. The van der Waals surface area contributed by atoms with Crippen molar-refractivity contribution in [1.82, 2.24) is 0 Å². The van der Waals surface area contributed by atoms with Crippen molar-refractivity contribution in [2.24, 2.45) is 0 Å². The number of unbranched alkanes of at least 4 members (excludes halogenated alkanes) is 1. The fraction of sp³-hybridized carbons (Fsp3) is 0.909. The molecule has 0 aliphatic carbocycles. The van der Waals surface area contributed by atoms with Crippen molar-refractivity contribution in [2.75, 3.05) is 6.61 Å². The molecular formula is C11H21F3O3Si. The van der Waals surface area contributed by atoms with Crippen molar-refractivity contribution < 1.29 is 27.1 Å². The fourth-order valence-corrected chi connectivity index (χ4v) is 2.70. The minimum atomic E-state index is -4.78. The lowest BCUT2D eigenvalue weighted by Crippen LogP contribution is -2.57. The Bertz CT molecular complexity index is 286. The van der Waals surface area contributed by atoms with Gasteiger partial charge in [-0.15, -0.1) is 0 Å². The number of alkyl halides is 3. The lowest BCUT2D eigenvalue weighted by atomic mass is 10.1. The van der Waals surface area contributed by atoms with E-state index in [1.807, 2.05) is 6.92 Å². The first-order valence-corrected chi connectivity index (χ1v) is 9.29. The number of halogens is 3. The van der Waals surface area contributed by atoms with Crippen molar-refractivity contribution in [3.05, 3.63) is 0 Å². The lowest BCUT2D eigenvalue weighted by Gasteiger charge is -2.35. The molecule has 0 aromatic carbocycles. The molecule has 0 heterocycles. The minimum Gasteiger partial charge on any atom is -0.463 e. The van der Waals surface area contributed by atoms with Crippen LogP contribution in [0.3, 0.4) is 0 Å². The summed E-state index contributed by atoms with van der Waals surface area (Å²) in [5.41, 5.74) is -2.87. The number of hydrogen-bond acceptors (Lipinski definition) is 3.